The van der Waals surface area contributed by atoms with E-state index in [2.05, 4.69) is 72.9 Å². The minimum atomic E-state index is -2.86. The van der Waals surface area contributed by atoms with Crippen molar-refractivity contribution < 1.29 is 56.9 Å². The fraction of sp³-hybridized carbons (Fsp3) is 0.576. The number of rotatable bonds is 20. The van der Waals surface area contributed by atoms with Gasteiger partial charge in [0.15, 0.2) is 25.8 Å². The molecule has 16 heteroatoms. The highest BCUT2D eigenvalue weighted by Gasteiger charge is 2.81. The van der Waals surface area contributed by atoms with Crippen molar-refractivity contribution in [2.24, 2.45) is 16.7 Å². The third-order valence-electron chi connectivity index (χ3n) is 17.9. The number of Topliss-reactive ketones (excluding diaryl/α,β-unsaturated/α-hetero) is 1. The van der Waals surface area contributed by atoms with Crippen LogP contribution < -0.4 is 10.6 Å². The molecule has 2 amide bonds. The van der Waals surface area contributed by atoms with Gasteiger partial charge in [-0.15, -0.1) is 0 Å². The largest absolute Gasteiger partial charge is 0.453 e. The van der Waals surface area contributed by atoms with Crippen LogP contribution in [0.1, 0.15) is 136 Å². The lowest BCUT2D eigenvalue weighted by Crippen LogP contribution is -2.80. The molecular weight excluding hydrogens is 985 g/mol. The number of ketones is 1. The second kappa shape index (κ2) is 22.3. The number of hydrogen-bond donors (Lipinski definition) is 3. The molecule has 3 aromatic rings. The lowest BCUT2D eigenvalue weighted by Gasteiger charge is -2.65. The average Bonchev–Trinajstić information content (AvgIpc) is 3.56. The highest BCUT2D eigenvalue weighted by Crippen LogP contribution is 2.66. The molecule has 2 bridgehead atoms. The van der Waals surface area contributed by atoms with Gasteiger partial charge in [0.1, 0.15) is 18.3 Å². The lowest BCUT2D eigenvalue weighted by molar-refractivity contribution is -0.355. The van der Waals surface area contributed by atoms with Gasteiger partial charge in [-0.2, -0.15) is 0 Å². The molecule has 3 N–H and O–H groups in total. The predicted octanol–water partition coefficient (Wildman–Crippen LogP) is 10.2. The molecule has 75 heavy (non-hydrogen) atoms. The highest BCUT2D eigenvalue weighted by molar-refractivity contribution is 6.77. The van der Waals surface area contributed by atoms with Gasteiger partial charge in [0.05, 0.1) is 35.6 Å². The van der Waals surface area contributed by atoms with Crippen molar-refractivity contribution in [1.82, 2.24) is 10.6 Å². The summed E-state index contributed by atoms with van der Waals surface area (Å²) in [6.45, 7) is 27.3. The number of esters is 2. The minimum Gasteiger partial charge on any atom is -0.453 e. The number of benzene rings is 3. The first-order chi connectivity index (χ1) is 35.3. The fourth-order valence-electron chi connectivity index (χ4n) is 13.7. The van der Waals surface area contributed by atoms with Crippen molar-refractivity contribution in [2.45, 2.75) is 186 Å². The maximum absolute atomic E-state index is 16.3. The van der Waals surface area contributed by atoms with E-state index in [0.29, 0.717) is 22.3 Å². The molecule has 3 saturated heterocycles. The normalized spacial score (nSPS) is 28.6. The Balaban J connectivity index is 1.38. The van der Waals surface area contributed by atoms with Crippen LogP contribution in [-0.2, 0) is 42.2 Å². The SMILES string of the molecule is CC[Si](CC)(CC)O[C@H]1C[C@H]2OC[C@@]2(OC(C)=O)C2[C@H](OC(=O)c3ccccc3)[C@@]3(O)O[C@@H](C(=O)[C@@]21C)/C(=C(\C)CNC(=O)[C@H](O[Si](C(C)C)(C(C)C)C(C)C)[C@@H](NC(=O)c1ccccc1)c1ccccc1)C3(C)C. The molecule has 0 aromatic heterocycles. The third kappa shape index (κ3) is 10.1. The summed E-state index contributed by atoms with van der Waals surface area (Å²) in [5.41, 5.74) is -2.16. The van der Waals surface area contributed by atoms with E-state index < -0.39 is 105 Å². The average molecular weight is 1070 g/mol. The fourth-order valence-corrected chi connectivity index (χ4v) is 22.1. The van der Waals surface area contributed by atoms with E-state index in [9.17, 15) is 19.5 Å². The van der Waals surface area contributed by atoms with Crippen LogP contribution in [0.3, 0.4) is 0 Å². The Morgan fingerprint density at radius 3 is 1.81 bits per heavy atom. The first-order valence-corrected chi connectivity index (χ1v) is 31.8. The standard InChI is InChI=1S/C59H82N2O12Si2/c1-15-74(16-2,17-3)72-44-33-45-58(35-68-45,70-40(11)62)50-52(69-55(66)43-31-25-20-26-32-43)59(67)56(12,13)46(48(71-59)51(63)57(44,50)14)39(10)34-60-54(65)49(73-75(36(4)5,37(6)7)38(8)9)47(41-27-21-18-22-28-41)61-53(64)42-29-23-19-24-30-42/h18-32,36-38,44-45,47-50,52,67H,15-17,33-35H2,1-14H3,(H,60,65)(H,61,64)/b46-39-/t44-,45+,47-,48+,49+,50?,52-,57+,58-,59+/m0/s1. The van der Waals surface area contributed by atoms with E-state index in [-0.39, 0.29) is 47.7 Å². The number of hydrogen-bond acceptors (Lipinski definition) is 12. The van der Waals surface area contributed by atoms with Gasteiger partial charge in [0.25, 0.3) is 11.8 Å². The van der Waals surface area contributed by atoms with Crippen LogP contribution >= 0.6 is 0 Å². The number of aliphatic hydroxyl groups is 1. The van der Waals surface area contributed by atoms with Crippen LogP contribution in [0.25, 0.3) is 0 Å². The summed E-state index contributed by atoms with van der Waals surface area (Å²) in [5, 5.41) is 20.1. The van der Waals surface area contributed by atoms with Crippen LogP contribution in [0.15, 0.2) is 102 Å². The minimum absolute atomic E-state index is 0.0765. The molecule has 1 aliphatic carbocycles. The van der Waals surface area contributed by atoms with E-state index in [1.165, 1.54) is 6.92 Å². The molecule has 3 aromatic carbocycles. The zero-order valence-corrected chi connectivity index (χ0v) is 48.6. The van der Waals surface area contributed by atoms with Gasteiger partial charge >= 0.3 is 11.9 Å². The summed E-state index contributed by atoms with van der Waals surface area (Å²) in [7, 11) is -5.40. The van der Waals surface area contributed by atoms with Crippen molar-refractivity contribution in [1.29, 1.82) is 0 Å². The number of carbonyl (C=O) groups excluding carboxylic acids is 5. The van der Waals surface area contributed by atoms with E-state index >= 15 is 9.59 Å². The number of ether oxygens (including phenoxy) is 4. The second-order valence-corrected chi connectivity index (χ2v) is 33.2. The van der Waals surface area contributed by atoms with Gasteiger partial charge in [-0.1, -0.05) is 148 Å². The molecule has 14 nitrogen and oxygen atoms in total. The maximum Gasteiger partial charge on any atom is 0.338 e. The van der Waals surface area contributed by atoms with Gasteiger partial charge < -0.3 is 43.5 Å². The van der Waals surface area contributed by atoms with Gasteiger partial charge in [-0.3, -0.25) is 19.2 Å². The highest BCUT2D eigenvalue weighted by atomic mass is 28.4. The Morgan fingerprint density at radius 2 is 1.32 bits per heavy atom. The number of carbonyl (C=O) groups is 5. The molecule has 0 radical (unpaired) electrons. The molecule has 3 heterocycles. The Kier molecular flexibility index (Phi) is 17.2. The lowest BCUT2D eigenvalue weighted by atomic mass is 9.49. The molecule has 7 rings (SSSR count). The van der Waals surface area contributed by atoms with Crippen LogP contribution in [-0.4, -0.2) is 106 Å². The smallest absolute Gasteiger partial charge is 0.338 e. The van der Waals surface area contributed by atoms with Crippen molar-refractivity contribution in [3.05, 3.63) is 119 Å². The van der Waals surface area contributed by atoms with Crippen molar-refractivity contribution >= 4 is 46.2 Å². The second-order valence-electron chi connectivity index (χ2n) is 23.1. The van der Waals surface area contributed by atoms with Crippen molar-refractivity contribution in [3.63, 3.8) is 0 Å². The van der Waals surface area contributed by atoms with Crippen molar-refractivity contribution in [2.75, 3.05) is 13.2 Å². The summed E-state index contributed by atoms with van der Waals surface area (Å²) in [5.74, 6) is -6.31. The Labute approximate surface area is 446 Å². The molecule has 0 spiro atoms. The van der Waals surface area contributed by atoms with Gasteiger partial charge in [-0.25, -0.2) is 4.79 Å². The summed E-state index contributed by atoms with van der Waals surface area (Å²) < 4.78 is 40.9. The van der Waals surface area contributed by atoms with Gasteiger partial charge in [-0.05, 0) is 84.0 Å². The van der Waals surface area contributed by atoms with Gasteiger partial charge in [0.2, 0.25) is 14.1 Å². The zero-order chi connectivity index (χ0) is 55.1. The Morgan fingerprint density at radius 1 is 0.787 bits per heavy atom. The summed E-state index contributed by atoms with van der Waals surface area (Å²) in [6.07, 6.45) is -5.65. The molecule has 1 saturated carbocycles. The molecule has 4 fully saturated rings. The van der Waals surface area contributed by atoms with Crippen LogP contribution in [0.2, 0.25) is 34.8 Å². The quantitative estimate of drug-likeness (QED) is 0.0554. The monoisotopic (exact) mass is 1070 g/mol. The number of nitrogens with one attached hydrogen (secondary N) is 2. The van der Waals surface area contributed by atoms with Gasteiger partial charge in [0, 0.05) is 30.9 Å². The summed E-state index contributed by atoms with van der Waals surface area (Å²) >= 11 is 0. The maximum atomic E-state index is 16.3. The predicted molar refractivity (Wildman–Crippen MR) is 291 cm³/mol. The molecule has 1 unspecified atom stereocenters. The molecular formula is C59H82N2O12Si2. The summed E-state index contributed by atoms with van der Waals surface area (Å²) in [6, 6.07) is 27.9. The molecule has 4 aliphatic rings. The van der Waals surface area contributed by atoms with Crippen LogP contribution in [0.5, 0.6) is 0 Å². The first-order valence-electron chi connectivity index (χ1n) is 27.1. The van der Waals surface area contributed by atoms with E-state index in [1.54, 1.807) is 82.3 Å². The Hall–Kier alpha value is -4.82. The summed E-state index contributed by atoms with van der Waals surface area (Å²) in [4.78, 5) is 73.8. The van der Waals surface area contributed by atoms with Crippen LogP contribution in [0, 0.1) is 16.7 Å². The Bertz CT molecular complexity index is 2560. The first kappa shape index (κ1) is 57.9. The topological polar surface area (TPSA) is 185 Å². The van der Waals surface area contributed by atoms with E-state index in [4.69, 9.17) is 27.8 Å². The third-order valence-corrected chi connectivity index (χ3v) is 28.6. The van der Waals surface area contributed by atoms with Crippen molar-refractivity contribution in [3.8, 4) is 0 Å². The molecule has 10 atom stereocenters. The van der Waals surface area contributed by atoms with E-state index in [1.807, 2.05) is 36.4 Å². The van der Waals surface area contributed by atoms with E-state index in [0.717, 1.165) is 18.1 Å². The number of amides is 2. The van der Waals surface area contributed by atoms with Crippen LogP contribution in [0.4, 0.5) is 0 Å². The molecule has 408 valence electrons. The zero-order valence-electron chi connectivity index (χ0n) is 46.6. The number of fused-ring (bicyclic) bond motifs is 5. The molecule has 3 aliphatic heterocycles.